The van der Waals surface area contributed by atoms with Crippen molar-refractivity contribution in [2.45, 2.75) is 0 Å². The zero-order valence-corrected chi connectivity index (χ0v) is 27.4. The minimum atomic E-state index is -0.446. The second-order valence-electron chi connectivity index (χ2n) is 8.63. The van der Waals surface area contributed by atoms with Crippen molar-refractivity contribution in [2.75, 3.05) is 0 Å². The molecule has 6 aromatic rings. The van der Waals surface area contributed by atoms with E-state index in [1.807, 2.05) is 30.3 Å². The number of hydrogen-bond donors (Lipinski definition) is 2. The minimum absolute atomic E-state index is 0. The Hall–Kier alpha value is -4.61. The van der Waals surface area contributed by atoms with Gasteiger partial charge >= 0.3 is 30.8 Å². The van der Waals surface area contributed by atoms with Crippen LogP contribution in [0.15, 0.2) is 162 Å². The number of nitrogens with zero attached hydrogens (tertiary/aromatic N) is 4. The molecule has 0 saturated heterocycles. The minimum Gasteiger partial charge on any atom is -0.265 e. The molecule has 3 N–H and O–H groups in total. The van der Waals surface area contributed by atoms with E-state index in [-0.39, 0.29) is 30.4 Å². The Labute approximate surface area is 282 Å². The number of phenols is 1. The topological polar surface area (TPSA) is 117 Å². The summed E-state index contributed by atoms with van der Waals surface area (Å²) >= 11 is 4.55. The molecule has 0 bridgehead atoms. The third kappa shape index (κ3) is 12.5. The van der Waals surface area contributed by atoms with Gasteiger partial charge in [0.15, 0.2) is 0 Å². The predicted molar refractivity (Wildman–Crippen MR) is 183 cm³/mol. The first-order valence-electron chi connectivity index (χ1n) is 13.2. The van der Waals surface area contributed by atoms with Crippen LogP contribution in [0.1, 0.15) is 5.69 Å². The molecule has 0 aliphatic rings. The number of benzene rings is 4. The molecule has 0 unspecified atom stereocenters. The fourth-order valence-electron chi connectivity index (χ4n) is 3.85. The summed E-state index contributed by atoms with van der Waals surface area (Å²) in [4.78, 5) is 8.01. The van der Waals surface area contributed by atoms with Crippen molar-refractivity contribution < 1.29 is 29.2 Å². The Balaban J connectivity index is 0.000000250. The van der Waals surface area contributed by atoms with Crippen LogP contribution in [0, 0.1) is 6.65 Å². The number of amidine groups is 1. The number of fused-ring (bicyclic) bond motifs is 1. The molecule has 0 amide bonds. The fraction of sp³-hybridized carbons (Fsp3) is 0. The first kappa shape index (κ1) is 36.6. The van der Waals surface area contributed by atoms with Crippen LogP contribution in [0.5, 0.6) is 5.75 Å². The van der Waals surface area contributed by atoms with Crippen molar-refractivity contribution in [1.29, 1.82) is 0 Å². The van der Waals surface area contributed by atoms with Crippen LogP contribution in [0.25, 0.3) is 10.9 Å². The van der Waals surface area contributed by atoms with Gasteiger partial charge in [-0.25, -0.2) is 4.98 Å². The fourth-order valence-corrected chi connectivity index (χ4v) is 6.21. The van der Waals surface area contributed by atoms with Gasteiger partial charge in [-0.15, -0.1) is 0 Å². The molecular weight excluding hydrogens is 687 g/mol. The number of para-hydroxylation sites is 1. The first-order valence-corrected chi connectivity index (χ1v) is 15.0. The molecule has 45 heavy (non-hydrogen) atoms. The monoisotopic (exact) mass is 716 g/mol. The van der Waals surface area contributed by atoms with E-state index in [0.29, 0.717) is 11.2 Å². The average Bonchev–Trinajstić information content (AvgIpc) is 3.09. The van der Waals surface area contributed by atoms with Crippen LogP contribution in [-0.4, -0.2) is 26.5 Å². The molecule has 2 heterocycles. The van der Waals surface area contributed by atoms with Gasteiger partial charge in [0.05, 0.1) is 11.9 Å². The van der Waals surface area contributed by atoms with Crippen LogP contribution >= 0.6 is 7.92 Å². The van der Waals surface area contributed by atoms with Gasteiger partial charge in [0.1, 0.15) is 11.3 Å². The molecule has 2 aromatic heterocycles. The van der Waals surface area contributed by atoms with E-state index in [1.165, 1.54) is 22.1 Å². The van der Waals surface area contributed by atoms with Crippen molar-refractivity contribution in [2.24, 2.45) is 15.9 Å². The summed E-state index contributed by atoms with van der Waals surface area (Å²) in [7, 11) is -0.446. The standard InChI is InChI=1S/C18H15P.C11H10N4OS.C5H5N.CO.Ru/c1-4-10-16(11-5-1)19(17-12-6-2-7-13-17)18-14-8-3-9-15-18;12-11(17)15-13-6-8-5-4-7-2-1-3-9(16)10(7)14-8;1-2-4-6-5-3-1;1-2;/h1-15H;1-6,16H,(H3,12,15,17);1-5H;;/q;;;;+1/p-1/b;13-6+;;;. The Kier molecular flexibility index (Phi) is 17.2. The molecule has 0 aliphatic carbocycles. The summed E-state index contributed by atoms with van der Waals surface area (Å²) in [5.74, 6) is 0.129. The van der Waals surface area contributed by atoms with E-state index >= 15 is 0 Å². The molecule has 0 fully saturated rings. The molecule has 4 aromatic carbocycles. The van der Waals surface area contributed by atoms with Crippen molar-refractivity contribution in [1.82, 2.24) is 9.97 Å². The molecule has 0 spiro atoms. The summed E-state index contributed by atoms with van der Waals surface area (Å²) in [6.07, 6.45) is 4.92. The summed E-state index contributed by atoms with van der Waals surface area (Å²) in [5, 5.41) is 21.8. The number of pyridine rings is 2. The van der Waals surface area contributed by atoms with Crippen LogP contribution < -0.4 is 21.6 Å². The number of phenolic OH excluding ortho intramolecular Hbond substituents is 1. The van der Waals surface area contributed by atoms with E-state index in [1.54, 1.807) is 30.6 Å². The van der Waals surface area contributed by atoms with E-state index in [9.17, 15) is 5.11 Å². The number of aromatic nitrogens is 2. The second kappa shape index (κ2) is 21.2. The van der Waals surface area contributed by atoms with Crippen molar-refractivity contribution in [3.05, 3.63) is 164 Å². The molecule has 10 heteroatoms. The zero-order chi connectivity index (χ0) is 31.4. The molecule has 0 saturated carbocycles. The number of hydrogen-bond acceptors (Lipinski definition) is 6. The molecule has 6 rings (SSSR count). The van der Waals surface area contributed by atoms with Gasteiger partial charge in [0.2, 0.25) is 0 Å². The predicted octanol–water partition coefficient (Wildman–Crippen LogP) is 5.62. The smallest absolute Gasteiger partial charge is 0.265 e. The number of aromatic hydroxyl groups is 1. The summed E-state index contributed by atoms with van der Waals surface area (Å²) in [5.41, 5.74) is 6.25. The maximum absolute atomic E-state index is 9.64. The Morgan fingerprint density at radius 2 is 1.20 bits per heavy atom. The number of rotatable bonds is 5. The van der Waals surface area contributed by atoms with Gasteiger partial charge in [-0.2, -0.15) is 10.2 Å². The van der Waals surface area contributed by atoms with Gasteiger partial charge in [-0.3, -0.25) is 4.98 Å². The van der Waals surface area contributed by atoms with Gasteiger partial charge < -0.3 is 23.5 Å². The zero-order valence-electron chi connectivity index (χ0n) is 23.9. The first-order chi connectivity index (χ1) is 21.6. The van der Waals surface area contributed by atoms with Gasteiger partial charge in [0, 0.05) is 17.8 Å². The maximum atomic E-state index is 9.64. The van der Waals surface area contributed by atoms with Gasteiger partial charge in [-0.1, -0.05) is 115 Å². The normalized spacial score (nSPS) is 10.2. The molecule has 0 atom stereocenters. The average molecular weight is 716 g/mol. The quantitative estimate of drug-likeness (QED) is 0.0352. The Morgan fingerprint density at radius 1 is 0.711 bits per heavy atom. The molecule has 225 valence electrons. The van der Waals surface area contributed by atoms with Crippen LogP contribution in [0.4, 0.5) is 0 Å². The largest absolute Gasteiger partial charge is 1.00 e. The van der Waals surface area contributed by atoms with Gasteiger partial charge in [-0.05, 0) is 53.3 Å². The third-order valence-corrected chi connectivity index (χ3v) is 8.20. The molecular formula is C35H29N5O2PRuS. The number of nitrogens with two attached hydrogens (primary N) is 1. The summed E-state index contributed by atoms with van der Waals surface area (Å²) < 4.78 is 7.50. The van der Waals surface area contributed by atoms with Crippen molar-refractivity contribution >= 4 is 58.7 Å². The van der Waals surface area contributed by atoms with E-state index in [0.717, 1.165) is 5.39 Å². The van der Waals surface area contributed by atoms with Crippen molar-refractivity contribution in [3.8, 4) is 5.75 Å². The van der Waals surface area contributed by atoms with E-state index in [4.69, 9.17) is 10.4 Å². The Morgan fingerprint density at radius 3 is 1.62 bits per heavy atom. The van der Waals surface area contributed by atoms with Crippen molar-refractivity contribution in [3.63, 3.8) is 0 Å². The Bertz CT molecular complexity index is 1640. The van der Waals surface area contributed by atoms with Gasteiger partial charge in [0.25, 0.3) is 0 Å². The third-order valence-electron chi connectivity index (χ3n) is 5.68. The summed E-state index contributed by atoms with van der Waals surface area (Å²) in [6.45, 7) is 4.50. The molecule has 0 aliphatic heterocycles. The molecule has 7 nitrogen and oxygen atoms in total. The van der Waals surface area contributed by atoms with Crippen LogP contribution in [0.2, 0.25) is 0 Å². The maximum Gasteiger partial charge on any atom is 1.00 e. The van der Waals surface area contributed by atoms with E-state index in [2.05, 4.69) is 130 Å². The SMILES string of the molecule is N/C([S-])=N/N=C/c1ccc2cccc(O)c2n1.[C-]#[O+].[Ru+].c1ccc(P(c2ccccc2)c2ccccc2)cc1.c1ccncc1. The van der Waals surface area contributed by atoms with Crippen LogP contribution in [0.3, 0.4) is 0 Å². The van der Waals surface area contributed by atoms with E-state index < -0.39 is 7.92 Å². The van der Waals surface area contributed by atoms with Crippen LogP contribution in [-0.2, 0) is 36.8 Å². The molecule has 1 radical (unpaired) electrons. The second-order valence-corrected chi connectivity index (χ2v) is 11.3. The summed E-state index contributed by atoms with van der Waals surface area (Å²) in [6, 6.07) is 46.8.